The molecule has 5 aromatic rings. The van der Waals surface area contributed by atoms with E-state index < -0.39 is 0 Å². The van der Waals surface area contributed by atoms with E-state index in [1.54, 1.807) is 11.3 Å². The lowest BCUT2D eigenvalue weighted by molar-refractivity contribution is 0.0751. The van der Waals surface area contributed by atoms with Crippen molar-refractivity contribution in [2.24, 2.45) is 0 Å². The summed E-state index contributed by atoms with van der Waals surface area (Å²) in [5.74, 6) is 0.998. The Bertz CT molecular complexity index is 1420. The van der Waals surface area contributed by atoms with E-state index in [2.05, 4.69) is 29.2 Å². The number of carbonyl (C=O) groups is 1. The minimum absolute atomic E-state index is 0.115. The second-order valence-electron chi connectivity index (χ2n) is 8.18. The Hall–Kier alpha value is -3.77. The first-order valence-electron chi connectivity index (χ1n) is 11.1. The number of anilines is 1. The van der Waals surface area contributed by atoms with E-state index in [-0.39, 0.29) is 5.91 Å². The smallest absolute Gasteiger partial charge is 0.264 e. The molecule has 0 saturated carbocycles. The molecule has 0 bridgehead atoms. The standard InChI is InChI=1S/C27H22N4OS/c32-27(24-18-20-10-4-7-13-23(20)33-24)31-16-14-30(15-17-31)26-25(19-8-2-1-3-9-19)28-21-11-5-6-12-22(21)29-26/h1-13,18H,14-17H2. The first-order valence-corrected chi connectivity index (χ1v) is 11.9. The van der Waals surface area contributed by atoms with Crippen LogP contribution in [-0.4, -0.2) is 47.0 Å². The van der Waals surface area contributed by atoms with Gasteiger partial charge >= 0.3 is 0 Å². The van der Waals surface area contributed by atoms with Gasteiger partial charge < -0.3 is 9.80 Å². The molecule has 1 saturated heterocycles. The molecule has 1 aliphatic rings. The molecule has 3 aromatic carbocycles. The normalized spacial score (nSPS) is 14.2. The molecule has 5 nitrogen and oxygen atoms in total. The summed E-state index contributed by atoms with van der Waals surface area (Å²) in [6.45, 7) is 2.78. The fourth-order valence-corrected chi connectivity index (χ4v) is 5.40. The van der Waals surface area contributed by atoms with Gasteiger partial charge in [0, 0.05) is 36.4 Å². The van der Waals surface area contributed by atoms with E-state index >= 15 is 0 Å². The average Bonchev–Trinajstić information content (AvgIpc) is 3.32. The Morgan fingerprint density at radius 1 is 0.758 bits per heavy atom. The zero-order chi connectivity index (χ0) is 22.2. The molecule has 3 heterocycles. The van der Waals surface area contributed by atoms with Gasteiger partial charge in [-0.3, -0.25) is 4.79 Å². The second kappa shape index (κ2) is 8.30. The van der Waals surface area contributed by atoms with Crippen molar-refractivity contribution in [3.8, 4) is 11.3 Å². The molecule has 6 heteroatoms. The molecule has 2 aromatic heterocycles. The molecular formula is C27H22N4OS. The summed E-state index contributed by atoms with van der Waals surface area (Å²) in [6.07, 6.45) is 0. The Kier molecular flexibility index (Phi) is 5.00. The molecule has 0 unspecified atom stereocenters. The molecular weight excluding hydrogens is 428 g/mol. The highest BCUT2D eigenvalue weighted by Crippen LogP contribution is 2.31. The average molecular weight is 451 g/mol. The van der Waals surface area contributed by atoms with E-state index in [1.165, 1.54) is 0 Å². The van der Waals surface area contributed by atoms with Gasteiger partial charge in [0.1, 0.15) is 5.69 Å². The first-order chi connectivity index (χ1) is 16.3. The van der Waals surface area contributed by atoms with E-state index in [1.807, 2.05) is 65.6 Å². The Balaban J connectivity index is 1.28. The molecule has 1 aliphatic heterocycles. The number of para-hydroxylation sites is 2. The van der Waals surface area contributed by atoms with Crippen LogP contribution in [0, 0.1) is 0 Å². The van der Waals surface area contributed by atoms with Crippen LogP contribution in [0.25, 0.3) is 32.4 Å². The zero-order valence-electron chi connectivity index (χ0n) is 18.0. The van der Waals surface area contributed by atoms with Gasteiger partial charge in [-0.2, -0.15) is 0 Å². The number of carbonyl (C=O) groups excluding carboxylic acids is 1. The monoisotopic (exact) mass is 450 g/mol. The van der Waals surface area contributed by atoms with Gasteiger partial charge in [-0.25, -0.2) is 9.97 Å². The number of hydrogen-bond donors (Lipinski definition) is 0. The summed E-state index contributed by atoms with van der Waals surface area (Å²) in [5, 5.41) is 1.13. The fourth-order valence-electron chi connectivity index (χ4n) is 4.37. The minimum atomic E-state index is 0.115. The molecule has 162 valence electrons. The number of benzene rings is 3. The Morgan fingerprint density at radius 3 is 2.18 bits per heavy atom. The summed E-state index contributed by atoms with van der Waals surface area (Å²) < 4.78 is 1.15. The number of nitrogens with zero attached hydrogens (tertiary/aromatic N) is 4. The molecule has 0 aliphatic carbocycles. The highest BCUT2D eigenvalue weighted by molar-refractivity contribution is 7.20. The highest BCUT2D eigenvalue weighted by atomic mass is 32.1. The van der Waals surface area contributed by atoms with Gasteiger partial charge in [-0.15, -0.1) is 11.3 Å². The van der Waals surface area contributed by atoms with E-state index in [0.717, 1.165) is 56.2 Å². The van der Waals surface area contributed by atoms with Crippen molar-refractivity contribution in [3.05, 3.63) is 89.8 Å². The molecule has 0 atom stereocenters. The number of aromatic nitrogens is 2. The maximum absolute atomic E-state index is 13.2. The van der Waals surface area contributed by atoms with Crippen LogP contribution >= 0.6 is 11.3 Å². The molecule has 6 rings (SSSR count). The van der Waals surface area contributed by atoms with Crippen molar-refractivity contribution in [2.75, 3.05) is 31.1 Å². The number of hydrogen-bond acceptors (Lipinski definition) is 5. The van der Waals surface area contributed by atoms with Crippen molar-refractivity contribution in [3.63, 3.8) is 0 Å². The molecule has 0 radical (unpaired) electrons. The SMILES string of the molecule is O=C(c1cc2ccccc2s1)N1CCN(c2nc3ccccc3nc2-c2ccccc2)CC1. The van der Waals surface area contributed by atoms with Crippen LogP contribution in [0.4, 0.5) is 5.82 Å². The number of piperazine rings is 1. The molecule has 0 spiro atoms. The molecule has 33 heavy (non-hydrogen) atoms. The van der Waals surface area contributed by atoms with Gasteiger partial charge in [0.05, 0.1) is 15.9 Å². The van der Waals surface area contributed by atoms with Crippen LogP contribution in [0.15, 0.2) is 84.9 Å². The lowest BCUT2D eigenvalue weighted by Crippen LogP contribution is -2.49. The van der Waals surface area contributed by atoms with Gasteiger partial charge in [-0.05, 0) is 29.7 Å². The van der Waals surface area contributed by atoms with Crippen LogP contribution in [0.1, 0.15) is 9.67 Å². The van der Waals surface area contributed by atoms with Crippen molar-refractivity contribution in [1.29, 1.82) is 0 Å². The third-order valence-corrected chi connectivity index (χ3v) is 7.21. The van der Waals surface area contributed by atoms with E-state index in [4.69, 9.17) is 9.97 Å². The third kappa shape index (κ3) is 3.72. The minimum Gasteiger partial charge on any atom is -0.351 e. The van der Waals surface area contributed by atoms with Gasteiger partial charge in [0.25, 0.3) is 5.91 Å². The summed E-state index contributed by atoms with van der Waals surface area (Å²) in [4.78, 5) is 28.1. The van der Waals surface area contributed by atoms with Gasteiger partial charge in [0.2, 0.25) is 0 Å². The molecule has 1 amide bonds. The molecule has 0 N–H and O–H groups in total. The predicted molar refractivity (Wildman–Crippen MR) is 135 cm³/mol. The van der Waals surface area contributed by atoms with Crippen molar-refractivity contribution in [1.82, 2.24) is 14.9 Å². The fraction of sp³-hybridized carbons (Fsp3) is 0.148. The predicted octanol–water partition coefficient (Wildman–Crippen LogP) is 5.47. The largest absolute Gasteiger partial charge is 0.351 e. The van der Waals surface area contributed by atoms with Crippen LogP contribution in [0.5, 0.6) is 0 Å². The van der Waals surface area contributed by atoms with Crippen LogP contribution in [0.3, 0.4) is 0 Å². The van der Waals surface area contributed by atoms with E-state index in [0.29, 0.717) is 13.1 Å². The van der Waals surface area contributed by atoms with Gasteiger partial charge in [0.15, 0.2) is 5.82 Å². The topological polar surface area (TPSA) is 49.3 Å². The van der Waals surface area contributed by atoms with Crippen molar-refractivity contribution >= 4 is 44.2 Å². The summed E-state index contributed by atoms with van der Waals surface area (Å²) >= 11 is 1.57. The summed E-state index contributed by atoms with van der Waals surface area (Å²) in [7, 11) is 0. The Morgan fingerprint density at radius 2 is 1.42 bits per heavy atom. The summed E-state index contributed by atoms with van der Waals surface area (Å²) in [6, 6.07) is 28.4. The maximum Gasteiger partial charge on any atom is 0.264 e. The Labute approximate surface area is 195 Å². The highest BCUT2D eigenvalue weighted by Gasteiger charge is 2.26. The van der Waals surface area contributed by atoms with Crippen molar-refractivity contribution in [2.45, 2.75) is 0 Å². The number of amides is 1. The number of rotatable bonds is 3. The maximum atomic E-state index is 13.2. The molecule has 1 fully saturated rings. The van der Waals surface area contributed by atoms with Crippen LogP contribution in [-0.2, 0) is 0 Å². The summed E-state index contributed by atoms with van der Waals surface area (Å²) in [5.41, 5.74) is 3.71. The number of fused-ring (bicyclic) bond motifs is 2. The van der Waals surface area contributed by atoms with Crippen LogP contribution in [0.2, 0.25) is 0 Å². The third-order valence-electron chi connectivity index (χ3n) is 6.10. The zero-order valence-corrected chi connectivity index (χ0v) is 18.8. The van der Waals surface area contributed by atoms with Crippen molar-refractivity contribution < 1.29 is 4.79 Å². The van der Waals surface area contributed by atoms with Crippen LogP contribution < -0.4 is 4.90 Å². The quantitative estimate of drug-likeness (QED) is 0.366. The van der Waals surface area contributed by atoms with Gasteiger partial charge in [-0.1, -0.05) is 60.7 Å². The lowest BCUT2D eigenvalue weighted by Gasteiger charge is -2.36. The second-order valence-corrected chi connectivity index (χ2v) is 9.26. The first kappa shape index (κ1) is 19.9. The lowest BCUT2D eigenvalue weighted by atomic mass is 10.1. The number of thiophene rings is 1. The van der Waals surface area contributed by atoms with E-state index in [9.17, 15) is 4.79 Å².